The minimum Gasteiger partial charge on any atom is -0.466 e. The minimum absolute atomic E-state index is 0.0200. The molecule has 3 heterocycles. The van der Waals surface area contributed by atoms with Gasteiger partial charge in [-0.1, -0.05) is 13.0 Å². The monoisotopic (exact) mass is 629 g/mol. The zero-order valence-electron chi connectivity index (χ0n) is 24.1. The summed E-state index contributed by atoms with van der Waals surface area (Å²) in [5, 5.41) is 5.66. The van der Waals surface area contributed by atoms with Gasteiger partial charge in [0, 0.05) is 32.4 Å². The molecule has 4 N–H and O–H groups in total. The number of nitrogens with one attached hydrogen (secondary N) is 2. The van der Waals surface area contributed by atoms with Gasteiger partial charge in [-0.3, -0.25) is 0 Å². The number of nitrogens with zero attached hydrogens (tertiary/aromatic N) is 4. The van der Waals surface area contributed by atoms with Gasteiger partial charge in [-0.05, 0) is 43.1 Å². The van der Waals surface area contributed by atoms with E-state index >= 15 is 0 Å². The first-order valence-corrected chi connectivity index (χ1v) is 13.4. The molecule has 1 atom stereocenters. The van der Waals surface area contributed by atoms with Gasteiger partial charge >= 0.3 is 24.2 Å². The van der Waals surface area contributed by atoms with Crippen LogP contribution in [0.5, 0.6) is 0 Å². The van der Waals surface area contributed by atoms with E-state index in [9.17, 15) is 36.3 Å². The third-order valence-electron chi connectivity index (χ3n) is 6.73. The number of ether oxygens (including phenoxy) is 2. The standard InChI is InChI=1S/C15H15F2N3O5.C12H17F3N4/c1-24-6-10-11(13(21)25-2)12(20(14(18)22)15(23)19-10)7-3-4-8(16)9(17)5-7;1-2-16-9-4-7-19(8-5-9)11-17-6-3-10(18-11)12(13,14)15/h3-5,12H,6H2,1-2H3,(H2,18,22)(H,19,23);3,6,9,16H,2,4-5,7-8H2,1H3/t12-;/m0./s1. The SMILES string of the molecule is CCNC1CCN(c2nccc(C(F)(F)F)n2)CC1.COCC1=C(C(=O)OC)[C@H](c2ccc(F)c(F)c2)N(C(N)=O)C(=O)N1. The van der Waals surface area contributed by atoms with Crippen LogP contribution in [0, 0.1) is 11.6 Å². The molecule has 1 saturated heterocycles. The number of primary amides is 1. The van der Waals surface area contributed by atoms with Crippen molar-refractivity contribution in [1.29, 1.82) is 0 Å². The molecule has 0 aliphatic carbocycles. The van der Waals surface area contributed by atoms with Crippen LogP contribution in [0.4, 0.5) is 37.5 Å². The van der Waals surface area contributed by atoms with E-state index in [1.54, 1.807) is 0 Å². The van der Waals surface area contributed by atoms with Crippen LogP contribution in [0.3, 0.4) is 0 Å². The van der Waals surface area contributed by atoms with Gasteiger partial charge < -0.3 is 30.7 Å². The average molecular weight is 630 g/mol. The van der Waals surface area contributed by atoms with Gasteiger partial charge in [0.1, 0.15) is 11.7 Å². The summed E-state index contributed by atoms with van der Waals surface area (Å²) < 4.78 is 74.2. The average Bonchev–Trinajstić information content (AvgIpc) is 2.98. The summed E-state index contributed by atoms with van der Waals surface area (Å²) in [6, 6.07) is 0.501. The summed E-state index contributed by atoms with van der Waals surface area (Å²) in [6.45, 7) is 4.12. The molecular formula is C27H32F5N7O5. The van der Waals surface area contributed by atoms with Crippen LogP contribution in [-0.4, -0.2) is 79.4 Å². The maximum Gasteiger partial charge on any atom is 0.433 e. The van der Waals surface area contributed by atoms with Crippen LogP contribution >= 0.6 is 0 Å². The number of esters is 1. The highest BCUT2D eigenvalue weighted by molar-refractivity contribution is 6.01. The highest BCUT2D eigenvalue weighted by Crippen LogP contribution is 2.35. The number of halogens is 5. The highest BCUT2D eigenvalue weighted by atomic mass is 19.4. The first kappa shape index (κ1) is 34.1. The maximum atomic E-state index is 13.6. The number of hydrogen-bond donors (Lipinski definition) is 3. The number of carbonyl (C=O) groups excluding carboxylic acids is 3. The maximum absolute atomic E-state index is 13.6. The molecule has 17 heteroatoms. The molecule has 1 aromatic carbocycles. The van der Waals surface area contributed by atoms with Crippen LogP contribution in [0.1, 0.15) is 37.1 Å². The van der Waals surface area contributed by atoms with Crippen LogP contribution in [0.25, 0.3) is 0 Å². The van der Waals surface area contributed by atoms with Crippen molar-refractivity contribution < 1.29 is 45.8 Å². The zero-order chi connectivity index (χ0) is 32.6. The van der Waals surface area contributed by atoms with E-state index < -0.39 is 47.6 Å². The topological polar surface area (TPSA) is 152 Å². The first-order valence-electron chi connectivity index (χ1n) is 13.4. The predicted octanol–water partition coefficient (Wildman–Crippen LogP) is 3.26. The second kappa shape index (κ2) is 14.9. The van der Waals surface area contributed by atoms with E-state index in [0.717, 1.165) is 50.8 Å². The molecule has 2 aliphatic rings. The fraction of sp³-hybridized carbons (Fsp3) is 0.444. The number of nitrogens with two attached hydrogens (primary N) is 1. The number of methoxy groups -OCH3 is 2. The molecule has 0 spiro atoms. The summed E-state index contributed by atoms with van der Waals surface area (Å²) in [5.74, 6) is -3.07. The molecule has 4 amide bonds. The number of benzene rings is 1. The third-order valence-corrected chi connectivity index (χ3v) is 6.73. The van der Waals surface area contributed by atoms with Crippen molar-refractivity contribution in [2.24, 2.45) is 5.73 Å². The van der Waals surface area contributed by atoms with Gasteiger partial charge in [0.2, 0.25) is 5.95 Å². The fourth-order valence-electron chi connectivity index (χ4n) is 4.73. The minimum atomic E-state index is -4.42. The molecule has 12 nitrogen and oxygen atoms in total. The molecule has 4 rings (SSSR count). The Morgan fingerprint density at radius 1 is 1.14 bits per heavy atom. The molecule has 0 radical (unpaired) electrons. The summed E-state index contributed by atoms with van der Waals surface area (Å²) in [5.41, 5.74) is 4.14. The van der Waals surface area contributed by atoms with Crippen molar-refractivity contribution in [3.63, 3.8) is 0 Å². The Morgan fingerprint density at radius 2 is 1.82 bits per heavy atom. The summed E-state index contributed by atoms with van der Waals surface area (Å²) >= 11 is 0. The van der Waals surface area contributed by atoms with Crippen molar-refractivity contribution in [3.8, 4) is 0 Å². The van der Waals surface area contributed by atoms with Gasteiger partial charge in [0.15, 0.2) is 11.6 Å². The van der Waals surface area contributed by atoms with Gasteiger partial charge in [0.05, 0.1) is 25.0 Å². The number of aromatic nitrogens is 2. The molecule has 1 fully saturated rings. The van der Waals surface area contributed by atoms with Crippen molar-refractivity contribution >= 4 is 24.0 Å². The Hall–Kier alpha value is -4.38. The van der Waals surface area contributed by atoms with E-state index in [0.29, 0.717) is 24.0 Å². The van der Waals surface area contributed by atoms with E-state index in [-0.39, 0.29) is 29.4 Å². The Kier molecular flexibility index (Phi) is 11.5. The Morgan fingerprint density at radius 3 is 2.36 bits per heavy atom. The second-order valence-corrected chi connectivity index (χ2v) is 9.59. The number of imide groups is 1. The molecule has 0 saturated carbocycles. The number of alkyl halides is 3. The number of carbonyl (C=O) groups is 3. The molecule has 1 aromatic heterocycles. The lowest BCUT2D eigenvalue weighted by Gasteiger charge is -2.35. The predicted molar refractivity (Wildman–Crippen MR) is 146 cm³/mol. The third kappa shape index (κ3) is 8.16. The number of hydrogen-bond acceptors (Lipinski definition) is 9. The first-order chi connectivity index (χ1) is 20.8. The molecule has 0 bridgehead atoms. The van der Waals surface area contributed by atoms with Crippen molar-refractivity contribution in [2.75, 3.05) is 45.4 Å². The van der Waals surface area contributed by atoms with E-state index in [1.807, 2.05) is 11.8 Å². The normalized spacial score (nSPS) is 17.5. The number of rotatable bonds is 7. The second-order valence-electron chi connectivity index (χ2n) is 9.59. The molecule has 44 heavy (non-hydrogen) atoms. The van der Waals surface area contributed by atoms with Gasteiger partial charge in [0.25, 0.3) is 0 Å². The summed E-state index contributed by atoms with van der Waals surface area (Å²) in [7, 11) is 2.41. The largest absolute Gasteiger partial charge is 0.466 e. The molecule has 2 aromatic rings. The van der Waals surface area contributed by atoms with Crippen molar-refractivity contribution in [1.82, 2.24) is 25.5 Å². The zero-order valence-corrected chi connectivity index (χ0v) is 24.1. The van der Waals surface area contributed by atoms with Gasteiger partial charge in [-0.2, -0.15) is 13.2 Å². The van der Waals surface area contributed by atoms with Crippen LogP contribution in [-0.2, 0) is 20.4 Å². The molecule has 2 aliphatic heterocycles. The lowest BCUT2D eigenvalue weighted by molar-refractivity contribution is -0.141. The molecule has 240 valence electrons. The van der Waals surface area contributed by atoms with Crippen molar-refractivity contribution in [2.45, 2.75) is 38.0 Å². The lowest BCUT2D eigenvalue weighted by Crippen LogP contribution is -2.54. The Bertz CT molecular complexity index is 1380. The fourth-order valence-corrected chi connectivity index (χ4v) is 4.73. The van der Waals surface area contributed by atoms with Gasteiger partial charge in [-0.15, -0.1) is 0 Å². The highest BCUT2D eigenvalue weighted by Gasteiger charge is 2.42. The number of urea groups is 2. The van der Waals surface area contributed by atoms with E-state index in [2.05, 4.69) is 25.3 Å². The quantitative estimate of drug-likeness (QED) is 0.310. The summed E-state index contributed by atoms with van der Waals surface area (Å²) in [6.07, 6.45) is -1.46. The van der Waals surface area contributed by atoms with Gasteiger partial charge in [-0.25, -0.2) is 38.0 Å². The van der Waals surface area contributed by atoms with Crippen molar-refractivity contribution in [3.05, 3.63) is 64.6 Å². The van der Waals surface area contributed by atoms with Crippen LogP contribution in [0.2, 0.25) is 0 Å². The Balaban J connectivity index is 0.000000249. The summed E-state index contributed by atoms with van der Waals surface area (Å²) in [4.78, 5) is 46.1. The molecular weight excluding hydrogens is 597 g/mol. The van der Waals surface area contributed by atoms with E-state index in [1.165, 1.54) is 13.3 Å². The smallest absolute Gasteiger partial charge is 0.433 e. The number of amides is 4. The number of anilines is 1. The Labute approximate surface area is 249 Å². The van der Waals surface area contributed by atoms with Crippen LogP contribution < -0.4 is 21.3 Å². The lowest BCUT2D eigenvalue weighted by atomic mass is 9.93. The van der Waals surface area contributed by atoms with Crippen LogP contribution in [0.15, 0.2) is 41.7 Å². The molecule has 0 unspecified atom stereocenters. The van der Waals surface area contributed by atoms with E-state index in [4.69, 9.17) is 10.5 Å². The number of piperidine rings is 1.